The molecule has 0 aromatic rings. The van der Waals surface area contributed by atoms with Gasteiger partial charge in [0.2, 0.25) is 5.91 Å². The Hall–Kier alpha value is -1.92. The predicted octanol–water partition coefficient (Wildman–Crippen LogP) is 14.1. The molecular weight excluding hydrogens is 695 g/mol. The Kier molecular flexibility index (Phi) is 44.2. The van der Waals surface area contributed by atoms with Crippen molar-refractivity contribution in [1.29, 1.82) is 0 Å². The second kappa shape index (κ2) is 45.8. The number of esters is 1. The second-order valence-electron chi connectivity index (χ2n) is 16.4. The van der Waals surface area contributed by atoms with Gasteiger partial charge in [-0.15, -0.1) is 0 Å². The van der Waals surface area contributed by atoms with Crippen molar-refractivity contribution >= 4 is 11.9 Å². The lowest BCUT2D eigenvalue weighted by Crippen LogP contribution is -2.45. The van der Waals surface area contributed by atoms with Crippen molar-refractivity contribution < 1.29 is 24.5 Å². The molecule has 0 aliphatic carbocycles. The Bertz CT molecular complexity index is 915. The van der Waals surface area contributed by atoms with E-state index in [0.717, 1.165) is 83.5 Å². The van der Waals surface area contributed by atoms with Crippen LogP contribution in [0.15, 0.2) is 36.5 Å². The number of amides is 1. The highest BCUT2D eigenvalue weighted by Gasteiger charge is 2.20. The largest absolute Gasteiger partial charge is 0.466 e. The minimum Gasteiger partial charge on any atom is -0.466 e. The molecule has 0 heterocycles. The van der Waals surface area contributed by atoms with Gasteiger partial charge in [-0.1, -0.05) is 192 Å². The molecule has 0 aliphatic rings. The van der Waals surface area contributed by atoms with E-state index in [1.807, 2.05) is 0 Å². The van der Waals surface area contributed by atoms with Gasteiger partial charge in [-0.2, -0.15) is 0 Å². The smallest absolute Gasteiger partial charge is 0.305 e. The van der Waals surface area contributed by atoms with E-state index in [9.17, 15) is 19.8 Å². The summed E-state index contributed by atoms with van der Waals surface area (Å²) in [5.74, 6) is -0.0796. The lowest BCUT2D eigenvalue weighted by atomic mass is 10.0. The molecule has 3 N–H and O–H groups in total. The SMILES string of the molecule is CCCC/C=C\C/C=C\CCCCCCCC(=O)OCCCCCC/C=C\CCCCCCCCCC(=O)NC(CO)C(O)CCCCCCCCCCCC. The zero-order valence-electron chi connectivity index (χ0n) is 37.1. The number of hydrogen-bond acceptors (Lipinski definition) is 5. The maximum atomic E-state index is 12.4. The highest BCUT2D eigenvalue weighted by atomic mass is 16.5. The monoisotopic (exact) mass is 788 g/mol. The Balaban J connectivity index is 3.48. The van der Waals surface area contributed by atoms with E-state index < -0.39 is 12.1 Å². The number of aliphatic hydroxyl groups is 2. The fourth-order valence-electron chi connectivity index (χ4n) is 7.12. The van der Waals surface area contributed by atoms with Gasteiger partial charge in [0.05, 0.1) is 25.4 Å². The number of carbonyl (C=O) groups excluding carboxylic acids is 2. The third kappa shape index (κ3) is 41.7. The molecule has 0 saturated carbocycles. The first-order valence-electron chi connectivity index (χ1n) is 24.2. The lowest BCUT2D eigenvalue weighted by molar-refractivity contribution is -0.143. The number of ether oxygens (including phenoxy) is 1. The van der Waals surface area contributed by atoms with E-state index in [1.54, 1.807) is 0 Å². The Morgan fingerprint density at radius 2 is 0.911 bits per heavy atom. The van der Waals surface area contributed by atoms with Gasteiger partial charge in [0, 0.05) is 12.8 Å². The zero-order valence-corrected chi connectivity index (χ0v) is 37.1. The van der Waals surface area contributed by atoms with Crippen molar-refractivity contribution in [2.75, 3.05) is 13.2 Å². The standard InChI is InChI=1S/C50H93NO5/c1-3-5-7-9-11-13-15-16-21-24-28-32-36-40-44-50(55)56-45-41-37-33-29-25-22-19-17-18-20-23-27-31-35-39-43-49(54)51-47(46-52)48(53)42-38-34-30-26-14-12-10-8-6-4-2/h9,11,15-16,19,22,47-48,52-53H,3-8,10,12-14,17-18,20-21,23-46H2,1-2H3,(H,51,54)/b11-9-,16-15-,22-19-. The molecule has 0 aromatic heterocycles. The molecule has 0 aliphatic heterocycles. The average molecular weight is 788 g/mol. The fourth-order valence-corrected chi connectivity index (χ4v) is 7.12. The predicted molar refractivity (Wildman–Crippen MR) is 241 cm³/mol. The molecule has 6 nitrogen and oxygen atoms in total. The fraction of sp³-hybridized carbons (Fsp3) is 0.840. The van der Waals surface area contributed by atoms with Gasteiger partial charge in [-0.05, 0) is 77.0 Å². The summed E-state index contributed by atoms with van der Waals surface area (Å²) in [6.45, 7) is 4.84. The van der Waals surface area contributed by atoms with Crippen molar-refractivity contribution in [3.63, 3.8) is 0 Å². The van der Waals surface area contributed by atoms with Crippen molar-refractivity contribution in [2.45, 2.75) is 257 Å². The van der Waals surface area contributed by atoms with Crippen molar-refractivity contribution in [1.82, 2.24) is 5.32 Å². The summed E-state index contributed by atoms with van der Waals surface area (Å²) < 4.78 is 5.44. The van der Waals surface area contributed by atoms with Crippen LogP contribution in [0, 0.1) is 0 Å². The summed E-state index contributed by atoms with van der Waals surface area (Å²) in [4.78, 5) is 24.4. The highest BCUT2D eigenvalue weighted by Crippen LogP contribution is 2.15. The van der Waals surface area contributed by atoms with Crippen molar-refractivity contribution in [2.24, 2.45) is 0 Å². The molecule has 6 heteroatoms. The molecule has 2 unspecified atom stereocenters. The maximum Gasteiger partial charge on any atom is 0.305 e. The summed E-state index contributed by atoms with van der Waals surface area (Å²) >= 11 is 0. The molecule has 0 radical (unpaired) electrons. The second-order valence-corrected chi connectivity index (χ2v) is 16.4. The van der Waals surface area contributed by atoms with E-state index >= 15 is 0 Å². The number of carbonyl (C=O) groups is 2. The summed E-state index contributed by atoms with van der Waals surface area (Å²) in [5.41, 5.74) is 0. The van der Waals surface area contributed by atoms with Gasteiger partial charge in [-0.3, -0.25) is 9.59 Å². The molecular formula is C50H93NO5. The molecule has 0 aromatic carbocycles. The molecule has 0 spiro atoms. The molecule has 56 heavy (non-hydrogen) atoms. The quantitative estimate of drug-likeness (QED) is 0.0325. The molecule has 0 saturated heterocycles. The maximum absolute atomic E-state index is 12.4. The summed E-state index contributed by atoms with van der Waals surface area (Å²) in [5, 5.41) is 23.1. The molecule has 1 amide bonds. The van der Waals surface area contributed by atoms with Crippen LogP contribution in [-0.4, -0.2) is 47.4 Å². The van der Waals surface area contributed by atoms with Gasteiger partial charge in [0.15, 0.2) is 0 Å². The topological polar surface area (TPSA) is 95.9 Å². The molecule has 0 bridgehead atoms. The Morgan fingerprint density at radius 1 is 0.500 bits per heavy atom. The third-order valence-electron chi connectivity index (χ3n) is 10.9. The van der Waals surface area contributed by atoms with Crippen molar-refractivity contribution in [3.8, 4) is 0 Å². The van der Waals surface area contributed by atoms with Crippen LogP contribution in [0.5, 0.6) is 0 Å². The van der Waals surface area contributed by atoms with Crippen LogP contribution in [0.3, 0.4) is 0 Å². The van der Waals surface area contributed by atoms with Crippen LogP contribution >= 0.6 is 0 Å². The van der Waals surface area contributed by atoms with Gasteiger partial charge >= 0.3 is 5.97 Å². The van der Waals surface area contributed by atoms with Crippen LogP contribution in [0.4, 0.5) is 0 Å². The third-order valence-corrected chi connectivity index (χ3v) is 10.9. The Labute approximate surface area is 347 Å². The summed E-state index contributed by atoms with van der Waals surface area (Å²) in [6.07, 6.45) is 53.9. The molecule has 328 valence electrons. The van der Waals surface area contributed by atoms with Crippen LogP contribution in [0.2, 0.25) is 0 Å². The lowest BCUT2D eigenvalue weighted by Gasteiger charge is -2.22. The molecule has 0 rings (SSSR count). The molecule has 2 atom stereocenters. The van der Waals surface area contributed by atoms with E-state index in [0.29, 0.717) is 25.9 Å². The van der Waals surface area contributed by atoms with Crippen LogP contribution < -0.4 is 5.32 Å². The number of allylic oxidation sites excluding steroid dienone is 6. The normalized spacial score (nSPS) is 13.0. The van der Waals surface area contributed by atoms with E-state index in [1.165, 1.54) is 128 Å². The number of nitrogens with one attached hydrogen (secondary N) is 1. The number of rotatable bonds is 44. The number of unbranched alkanes of at least 4 members (excludes halogenated alkanes) is 27. The van der Waals surface area contributed by atoms with Crippen molar-refractivity contribution in [3.05, 3.63) is 36.5 Å². The Morgan fingerprint density at radius 3 is 1.43 bits per heavy atom. The first-order chi connectivity index (χ1) is 27.5. The zero-order chi connectivity index (χ0) is 40.8. The van der Waals surface area contributed by atoms with E-state index in [2.05, 4.69) is 55.6 Å². The average Bonchev–Trinajstić information content (AvgIpc) is 3.20. The van der Waals surface area contributed by atoms with Gasteiger partial charge in [-0.25, -0.2) is 0 Å². The first kappa shape index (κ1) is 54.1. The van der Waals surface area contributed by atoms with Crippen LogP contribution in [-0.2, 0) is 14.3 Å². The van der Waals surface area contributed by atoms with Gasteiger partial charge in [0.25, 0.3) is 0 Å². The van der Waals surface area contributed by atoms with Crippen LogP contribution in [0.25, 0.3) is 0 Å². The minimum atomic E-state index is -0.673. The number of aliphatic hydroxyl groups excluding tert-OH is 2. The highest BCUT2D eigenvalue weighted by molar-refractivity contribution is 5.76. The van der Waals surface area contributed by atoms with Gasteiger partial charge < -0.3 is 20.3 Å². The summed E-state index contributed by atoms with van der Waals surface area (Å²) in [6, 6.07) is -0.552. The van der Waals surface area contributed by atoms with E-state index in [-0.39, 0.29) is 18.5 Å². The van der Waals surface area contributed by atoms with E-state index in [4.69, 9.17) is 4.74 Å². The van der Waals surface area contributed by atoms with Crippen LogP contribution in [0.1, 0.15) is 245 Å². The summed E-state index contributed by atoms with van der Waals surface area (Å²) in [7, 11) is 0. The molecule has 0 fully saturated rings. The van der Waals surface area contributed by atoms with Gasteiger partial charge in [0.1, 0.15) is 0 Å². The number of hydrogen-bond donors (Lipinski definition) is 3. The first-order valence-corrected chi connectivity index (χ1v) is 24.2. The minimum absolute atomic E-state index is 0.0257.